The van der Waals surface area contributed by atoms with Crippen molar-refractivity contribution in [1.29, 1.82) is 0 Å². The molecule has 0 amide bonds. The smallest absolute Gasteiger partial charge is 0.261 e. The summed E-state index contributed by atoms with van der Waals surface area (Å²) >= 11 is 0. The van der Waals surface area contributed by atoms with Gasteiger partial charge in [-0.05, 0) is 37.1 Å². The van der Waals surface area contributed by atoms with Crippen LogP contribution in [0.3, 0.4) is 0 Å². The number of rotatable bonds is 0. The van der Waals surface area contributed by atoms with Gasteiger partial charge in [0.15, 0.2) is 0 Å². The highest BCUT2D eigenvalue weighted by Crippen LogP contribution is 2.36. The van der Waals surface area contributed by atoms with E-state index in [4.69, 9.17) is 4.55 Å². The van der Waals surface area contributed by atoms with Crippen LogP contribution in [0.15, 0.2) is 24.4 Å². The summed E-state index contributed by atoms with van der Waals surface area (Å²) in [5, 5.41) is 4.35. The number of benzene rings is 1. The molecule has 1 aromatic carbocycles. The zero-order chi connectivity index (χ0) is 16.8. The van der Waals surface area contributed by atoms with Crippen LogP contribution in [0, 0.1) is 5.82 Å². The summed E-state index contributed by atoms with van der Waals surface area (Å²) in [5.74, 6) is -0.168. The number of aromatic nitrogens is 1. The largest absolute Gasteiger partial charge is 0.370 e. The lowest BCUT2D eigenvalue weighted by molar-refractivity contribution is 0.308. The van der Waals surface area contributed by atoms with Crippen molar-refractivity contribution >= 4 is 26.7 Å². The number of nitrogens with zero attached hydrogens (tertiary/aromatic N) is 1. The minimum atomic E-state index is -3.67. The van der Waals surface area contributed by atoms with Crippen molar-refractivity contribution in [2.75, 3.05) is 12.8 Å². The highest BCUT2D eigenvalue weighted by molar-refractivity contribution is 7.85. The Kier molecular flexibility index (Phi) is 3.81. The lowest BCUT2D eigenvalue weighted by Gasteiger charge is -2.30. The summed E-state index contributed by atoms with van der Waals surface area (Å²) < 4.78 is 39.2. The third-order valence-electron chi connectivity index (χ3n) is 3.97. The molecule has 0 saturated heterocycles. The minimum Gasteiger partial charge on any atom is -0.370 e. The van der Waals surface area contributed by atoms with Gasteiger partial charge in [-0.3, -0.25) is 4.55 Å². The van der Waals surface area contributed by atoms with Crippen LogP contribution in [0.2, 0.25) is 0 Å². The molecule has 23 heavy (non-hydrogen) atoms. The molecule has 4 rings (SSSR count). The summed E-state index contributed by atoms with van der Waals surface area (Å²) in [6, 6.07) is 4.96. The molecule has 0 spiro atoms. The van der Waals surface area contributed by atoms with Crippen molar-refractivity contribution in [2.24, 2.45) is 0 Å². The average Bonchev–Trinajstić information content (AvgIpc) is 2.98. The molecule has 0 aliphatic carbocycles. The predicted octanol–water partition coefficient (Wildman–Crippen LogP) is 1.92. The van der Waals surface area contributed by atoms with Crippen LogP contribution < -0.4 is 5.32 Å². The van der Waals surface area contributed by atoms with Crippen LogP contribution in [0.1, 0.15) is 18.2 Å². The van der Waals surface area contributed by atoms with Gasteiger partial charge in [-0.15, -0.1) is 0 Å². The highest BCUT2D eigenvalue weighted by atomic mass is 32.2. The van der Waals surface area contributed by atoms with Crippen molar-refractivity contribution in [1.82, 2.24) is 15.2 Å². The predicted molar refractivity (Wildman–Crippen MR) is 86.7 cm³/mol. The topological polar surface area (TPSA) is 85.4 Å². The van der Waals surface area contributed by atoms with E-state index in [-0.39, 0.29) is 5.82 Å². The molecule has 2 aliphatic heterocycles. The van der Waals surface area contributed by atoms with E-state index >= 15 is 0 Å². The molecule has 124 valence electrons. The van der Waals surface area contributed by atoms with Gasteiger partial charge in [0.25, 0.3) is 10.1 Å². The van der Waals surface area contributed by atoms with E-state index in [1.807, 2.05) is 12.3 Å². The maximum atomic E-state index is 13.4. The first-order chi connectivity index (χ1) is 10.7. The molecule has 2 aromatic rings. The number of H-pyrrole nitrogens is 1. The lowest BCUT2D eigenvalue weighted by atomic mass is 10.0. The fourth-order valence-corrected chi connectivity index (χ4v) is 3.04. The maximum absolute atomic E-state index is 13.4. The molecule has 0 bridgehead atoms. The number of nitrogens with one attached hydrogen (secondary N) is 2. The van der Waals surface area contributed by atoms with Gasteiger partial charge >= 0.3 is 0 Å². The van der Waals surface area contributed by atoms with Crippen molar-refractivity contribution in [2.45, 2.75) is 19.5 Å². The van der Waals surface area contributed by atoms with E-state index in [1.54, 1.807) is 6.07 Å². The van der Waals surface area contributed by atoms with Gasteiger partial charge in [0, 0.05) is 23.6 Å². The molecule has 0 radical (unpaired) electrons. The molecule has 1 unspecified atom stereocenters. The monoisotopic (exact) mass is 339 g/mol. The van der Waals surface area contributed by atoms with Crippen LogP contribution in [0.4, 0.5) is 4.39 Å². The molecule has 6 nitrogen and oxygen atoms in total. The number of fused-ring (bicyclic) bond motifs is 5. The normalized spacial score (nSPS) is 19.4. The molecule has 0 saturated carbocycles. The van der Waals surface area contributed by atoms with Crippen LogP contribution in [0.5, 0.6) is 0 Å². The highest BCUT2D eigenvalue weighted by Gasteiger charge is 2.30. The Morgan fingerprint density at radius 2 is 2.09 bits per heavy atom. The summed E-state index contributed by atoms with van der Waals surface area (Å²) in [5.41, 5.74) is 4.59. The SMILES string of the molecule is CC1NC=C2c3[nH]c4ccc(F)cc4c3CCN21.CS(=O)(=O)O. The maximum Gasteiger partial charge on any atom is 0.261 e. The van der Waals surface area contributed by atoms with Gasteiger partial charge in [-0.2, -0.15) is 8.42 Å². The van der Waals surface area contributed by atoms with Gasteiger partial charge in [0.05, 0.1) is 23.8 Å². The molecular formula is C15H18FN3O3S. The Balaban J connectivity index is 0.000000276. The molecule has 1 aromatic heterocycles. The van der Waals surface area contributed by atoms with Gasteiger partial charge < -0.3 is 15.2 Å². The van der Waals surface area contributed by atoms with Crippen molar-refractivity contribution in [3.05, 3.63) is 41.5 Å². The Labute approximate surface area is 133 Å². The zero-order valence-electron chi connectivity index (χ0n) is 12.8. The van der Waals surface area contributed by atoms with Gasteiger partial charge in [0.1, 0.15) is 5.82 Å². The van der Waals surface area contributed by atoms with E-state index in [0.717, 1.165) is 29.6 Å². The number of hydrogen-bond donors (Lipinski definition) is 3. The van der Waals surface area contributed by atoms with Gasteiger partial charge in [-0.25, -0.2) is 4.39 Å². The van der Waals surface area contributed by atoms with Crippen molar-refractivity contribution < 1.29 is 17.4 Å². The van der Waals surface area contributed by atoms with E-state index in [1.165, 1.54) is 17.3 Å². The second-order valence-electron chi connectivity index (χ2n) is 5.72. The third-order valence-corrected chi connectivity index (χ3v) is 3.97. The van der Waals surface area contributed by atoms with Crippen LogP contribution >= 0.6 is 0 Å². The van der Waals surface area contributed by atoms with Crippen molar-refractivity contribution in [3.63, 3.8) is 0 Å². The van der Waals surface area contributed by atoms with Crippen LogP contribution in [-0.4, -0.2) is 41.8 Å². The summed E-state index contributed by atoms with van der Waals surface area (Å²) in [4.78, 5) is 5.76. The Morgan fingerprint density at radius 3 is 2.78 bits per heavy atom. The average molecular weight is 339 g/mol. The van der Waals surface area contributed by atoms with E-state index in [0.29, 0.717) is 12.4 Å². The second-order valence-corrected chi connectivity index (χ2v) is 7.18. The molecule has 8 heteroatoms. The number of halogens is 1. The first kappa shape index (κ1) is 15.8. The minimum absolute atomic E-state index is 0.168. The van der Waals surface area contributed by atoms with E-state index < -0.39 is 10.1 Å². The Morgan fingerprint density at radius 1 is 1.39 bits per heavy atom. The van der Waals surface area contributed by atoms with E-state index in [9.17, 15) is 12.8 Å². The fraction of sp³-hybridized carbons (Fsp3) is 0.333. The summed E-state index contributed by atoms with van der Waals surface area (Å²) in [7, 11) is -3.67. The summed E-state index contributed by atoms with van der Waals surface area (Å²) in [6.45, 7) is 3.13. The zero-order valence-corrected chi connectivity index (χ0v) is 13.6. The van der Waals surface area contributed by atoms with Crippen molar-refractivity contribution in [3.8, 4) is 0 Å². The van der Waals surface area contributed by atoms with Crippen LogP contribution in [0.25, 0.3) is 16.6 Å². The van der Waals surface area contributed by atoms with E-state index in [2.05, 4.69) is 22.1 Å². The summed E-state index contributed by atoms with van der Waals surface area (Å²) in [6.07, 6.45) is 4.07. The molecule has 3 heterocycles. The molecule has 3 N–H and O–H groups in total. The van der Waals surface area contributed by atoms with Gasteiger partial charge in [-0.1, -0.05) is 0 Å². The lowest BCUT2D eigenvalue weighted by Crippen LogP contribution is -2.37. The van der Waals surface area contributed by atoms with Gasteiger partial charge in [0.2, 0.25) is 0 Å². The number of hydrogen-bond acceptors (Lipinski definition) is 4. The Bertz CT molecular complexity index is 881. The number of aromatic amines is 1. The third kappa shape index (κ3) is 3.18. The molecular weight excluding hydrogens is 321 g/mol. The first-order valence-electron chi connectivity index (χ1n) is 7.20. The second kappa shape index (κ2) is 5.54. The fourth-order valence-electron chi connectivity index (χ4n) is 3.04. The molecule has 1 atom stereocenters. The quantitative estimate of drug-likeness (QED) is 0.639. The molecule has 2 aliphatic rings. The first-order valence-corrected chi connectivity index (χ1v) is 9.04. The Hall–Kier alpha value is -2.06. The molecule has 0 fully saturated rings. The van der Waals surface area contributed by atoms with Crippen LogP contribution in [-0.2, 0) is 16.5 Å². The standard InChI is InChI=1S/C14H14FN3.CH4O3S/c1-8-16-7-13-14-10(4-5-18(8)13)11-6-9(15)2-3-12(11)17-14;1-5(2,3)4/h2-3,6-8,16-17H,4-5H2,1H3;1H3,(H,2,3,4).